The summed E-state index contributed by atoms with van der Waals surface area (Å²) in [6.45, 7) is 1.62. The quantitative estimate of drug-likeness (QED) is 0.807. The van der Waals surface area contributed by atoms with E-state index in [2.05, 4.69) is 10.1 Å². The van der Waals surface area contributed by atoms with Crippen LogP contribution in [0.25, 0.3) is 10.9 Å². The Labute approximate surface area is 133 Å². The number of benzene rings is 1. The monoisotopic (exact) mass is 310 g/mol. The predicted molar refractivity (Wildman–Crippen MR) is 87.8 cm³/mol. The Kier molecular flexibility index (Phi) is 3.29. The van der Waals surface area contributed by atoms with Gasteiger partial charge in [-0.1, -0.05) is 0 Å². The molecule has 3 aromatic rings. The molecule has 1 aliphatic heterocycles. The van der Waals surface area contributed by atoms with E-state index in [1.807, 2.05) is 40.0 Å². The van der Waals surface area contributed by atoms with Crippen LogP contribution in [0.3, 0.4) is 0 Å². The van der Waals surface area contributed by atoms with E-state index in [9.17, 15) is 4.79 Å². The molecule has 1 aromatic carbocycles. The van der Waals surface area contributed by atoms with Gasteiger partial charge in [0.2, 0.25) is 5.91 Å². The number of carbonyl (C=O) groups excluding carboxylic acids is 1. The summed E-state index contributed by atoms with van der Waals surface area (Å²) in [6.07, 6.45) is 4.95. The number of rotatable bonds is 3. The molecule has 23 heavy (non-hydrogen) atoms. The van der Waals surface area contributed by atoms with Crippen LogP contribution in [0, 0.1) is 0 Å². The van der Waals surface area contributed by atoms with Gasteiger partial charge in [-0.3, -0.25) is 9.69 Å². The molecule has 0 atom stereocenters. The van der Waals surface area contributed by atoms with Crippen molar-refractivity contribution in [1.29, 1.82) is 0 Å². The fourth-order valence-corrected chi connectivity index (χ4v) is 3.16. The number of nitrogens with one attached hydrogen (secondary N) is 1. The third-order valence-electron chi connectivity index (χ3n) is 4.34. The zero-order chi connectivity index (χ0) is 15.8. The fraction of sp³-hybridized carbons (Fsp3) is 0.294. The molecule has 4 rings (SSSR count). The summed E-state index contributed by atoms with van der Waals surface area (Å²) < 4.78 is 7.17. The molecule has 0 fully saturated rings. The Morgan fingerprint density at radius 1 is 1.35 bits per heavy atom. The van der Waals surface area contributed by atoms with Crippen molar-refractivity contribution in [1.82, 2.24) is 14.8 Å². The van der Waals surface area contributed by atoms with Crippen molar-refractivity contribution in [3.8, 4) is 5.75 Å². The maximum Gasteiger partial charge on any atom is 0.232 e. The van der Waals surface area contributed by atoms with Gasteiger partial charge in [0.25, 0.3) is 0 Å². The third-order valence-corrected chi connectivity index (χ3v) is 4.34. The summed E-state index contributed by atoms with van der Waals surface area (Å²) in [4.78, 5) is 17.8. The van der Waals surface area contributed by atoms with Crippen molar-refractivity contribution < 1.29 is 9.53 Å². The number of hydrogen-bond donors (Lipinski definition) is 1. The van der Waals surface area contributed by atoms with E-state index < -0.39 is 0 Å². The van der Waals surface area contributed by atoms with E-state index in [-0.39, 0.29) is 5.91 Å². The standard InChI is InChI=1S/C17H18N4O2/c1-23-13-3-4-15-14(10-13)12(11-18-15)9-17(22)20-7-2-8-21-16(20)5-6-19-21/h3-6,10-11,18H,2,7-9H2,1H3. The molecule has 6 nitrogen and oxygen atoms in total. The summed E-state index contributed by atoms with van der Waals surface area (Å²) in [5, 5.41) is 5.29. The summed E-state index contributed by atoms with van der Waals surface area (Å²) in [7, 11) is 1.65. The lowest BCUT2D eigenvalue weighted by atomic mass is 10.1. The first-order valence-corrected chi connectivity index (χ1v) is 7.72. The maximum atomic E-state index is 12.8. The van der Waals surface area contributed by atoms with Crippen LogP contribution < -0.4 is 9.64 Å². The van der Waals surface area contributed by atoms with Crippen LogP contribution in [0.1, 0.15) is 12.0 Å². The Morgan fingerprint density at radius 3 is 3.13 bits per heavy atom. The molecule has 0 saturated carbocycles. The molecular weight excluding hydrogens is 292 g/mol. The van der Waals surface area contributed by atoms with Crippen LogP contribution in [0.4, 0.5) is 5.82 Å². The minimum absolute atomic E-state index is 0.0927. The second-order valence-corrected chi connectivity index (χ2v) is 5.71. The van der Waals surface area contributed by atoms with Crippen LogP contribution >= 0.6 is 0 Å². The van der Waals surface area contributed by atoms with Gasteiger partial charge in [-0.25, -0.2) is 4.68 Å². The number of anilines is 1. The largest absolute Gasteiger partial charge is 0.497 e. The van der Waals surface area contributed by atoms with Crippen molar-refractivity contribution in [2.75, 3.05) is 18.6 Å². The molecule has 1 N–H and O–H groups in total. The lowest BCUT2D eigenvalue weighted by Gasteiger charge is -2.27. The van der Waals surface area contributed by atoms with Gasteiger partial charge >= 0.3 is 0 Å². The Balaban J connectivity index is 1.63. The molecule has 3 heterocycles. The first-order valence-electron chi connectivity index (χ1n) is 7.72. The van der Waals surface area contributed by atoms with Crippen molar-refractivity contribution in [3.63, 3.8) is 0 Å². The van der Waals surface area contributed by atoms with E-state index >= 15 is 0 Å². The van der Waals surface area contributed by atoms with Gasteiger partial charge in [0, 0.05) is 36.3 Å². The first kappa shape index (κ1) is 13.9. The molecular formula is C17H18N4O2. The number of amides is 1. The number of nitrogens with zero attached hydrogens (tertiary/aromatic N) is 3. The van der Waals surface area contributed by atoms with E-state index in [1.54, 1.807) is 13.3 Å². The second-order valence-electron chi connectivity index (χ2n) is 5.71. The van der Waals surface area contributed by atoms with Gasteiger partial charge in [-0.15, -0.1) is 0 Å². The molecule has 0 radical (unpaired) electrons. The van der Waals surface area contributed by atoms with Crippen molar-refractivity contribution in [3.05, 3.63) is 42.2 Å². The number of aromatic nitrogens is 3. The number of ether oxygens (including phenoxy) is 1. The number of carbonyl (C=O) groups is 1. The Hall–Kier alpha value is -2.76. The Bertz CT molecular complexity index is 864. The summed E-state index contributed by atoms with van der Waals surface area (Å²) in [5.74, 6) is 1.77. The summed E-state index contributed by atoms with van der Waals surface area (Å²) >= 11 is 0. The van der Waals surface area contributed by atoms with Crippen molar-refractivity contribution >= 4 is 22.6 Å². The van der Waals surface area contributed by atoms with Gasteiger partial charge < -0.3 is 9.72 Å². The third kappa shape index (κ3) is 2.36. The number of aromatic amines is 1. The molecule has 0 spiro atoms. The summed E-state index contributed by atoms with van der Waals surface area (Å²) in [5.41, 5.74) is 2.00. The summed E-state index contributed by atoms with van der Waals surface area (Å²) in [6, 6.07) is 7.75. The number of fused-ring (bicyclic) bond motifs is 2. The average molecular weight is 310 g/mol. The van der Waals surface area contributed by atoms with Gasteiger partial charge in [-0.05, 0) is 30.2 Å². The lowest BCUT2D eigenvalue weighted by Crippen LogP contribution is -2.38. The zero-order valence-electron chi connectivity index (χ0n) is 13.0. The maximum absolute atomic E-state index is 12.8. The lowest BCUT2D eigenvalue weighted by molar-refractivity contribution is -0.118. The van der Waals surface area contributed by atoms with Gasteiger partial charge in [0.15, 0.2) is 0 Å². The normalized spacial score (nSPS) is 14.0. The van der Waals surface area contributed by atoms with E-state index in [1.165, 1.54) is 0 Å². The average Bonchev–Trinajstić information content (AvgIpc) is 3.21. The van der Waals surface area contributed by atoms with Crippen LogP contribution in [0.5, 0.6) is 5.75 Å². The van der Waals surface area contributed by atoms with E-state index in [0.717, 1.165) is 47.5 Å². The van der Waals surface area contributed by atoms with Crippen LogP contribution in [0.15, 0.2) is 36.7 Å². The van der Waals surface area contributed by atoms with Crippen LogP contribution in [0.2, 0.25) is 0 Å². The fourth-order valence-electron chi connectivity index (χ4n) is 3.16. The molecule has 0 saturated heterocycles. The highest BCUT2D eigenvalue weighted by atomic mass is 16.5. The number of aryl methyl sites for hydroxylation is 1. The SMILES string of the molecule is COc1ccc2[nH]cc(CC(=O)N3CCCn4nccc43)c2c1. The van der Waals surface area contributed by atoms with E-state index in [0.29, 0.717) is 6.42 Å². The molecule has 1 amide bonds. The van der Waals surface area contributed by atoms with Gasteiger partial charge in [0.05, 0.1) is 19.7 Å². The smallest absolute Gasteiger partial charge is 0.232 e. The van der Waals surface area contributed by atoms with Crippen LogP contribution in [-0.4, -0.2) is 34.3 Å². The van der Waals surface area contributed by atoms with Crippen LogP contribution in [-0.2, 0) is 17.8 Å². The van der Waals surface area contributed by atoms with Crippen molar-refractivity contribution in [2.24, 2.45) is 0 Å². The molecule has 118 valence electrons. The minimum atomic E-state index is 0.0927. The highest BCUT2D eigenvalue weighted by molar-refractivity contribution is 5.97. The Morgan fingerprint density at radius 2 is 2.26 bits per heavy atom. The highest BCUT2D eigenvalue weighted by Crippen LogP contribution is 2.26. The molecule has 0 aliphatic carbocycles. The second kappa shape index (κ2) is 5.46. The first-order chi connectivity index (χ1) is 11.3. The van der Waals surface area contributed by atoms with Gasteiger partial charge in [0.1, 0.15) is 11.6 Å². The minimum Gasteiger partial charge on any atom is -0.497 e. The molecule has 0 bridgehead atoms. The zero-order valence-corrected chi connectivity index (χ0v) is 13.0. The highest BCUT2D eigenvalue weighted by Gasteiger charge is 2.23. The van der Waals surface area contributed by atoms with Gasteiger partial charge in [-0.2, -0.15) is 5.10 Å². The van der Waals surface area contributed by atoms with Crippen molar-refractivity contribution in [2.45, 2.75) is 19.4 Å². The molecule has 0 unspecified atom stereocenters. The van der Waals surface area contributed by atoms with E-state index in [4.69, 9.17) is 4.74 Å². The predicted octanol–water partition coefficient (Wildman–Crippen LogP) is 2.35. The number of hydrogen-bond acceptors (Lipinski definition) is 3. The number of H-pyrrole nitrogens is 1. The molecule has 1 aliphatic rings. The number of methoxy groups -OCH3 is 1. The molecule has 6 heteroatoms. The molecule has 2 aromatic heterocycles. The topological polar surface area (TPSA) is 63.2 Å².